The molecule has 1 N–H and O–H groups in total. The van der Waals surface area contributed by atoms with Gasteiger partial charge >= 0.3 is 0 Å². The van der Waals surface area contributed by atoms with Gasteiger partial charge in [0, 0.05) is 12.6 Å². The molecule has 0 aliphatic carbocycles. The van der Waals surface area contributed by atoms with Crippen molar-refractivity contribution in [2.75, 3.05) is 0 Å². The van der Waals surface area contributed by atoms with Crippen molar-refractivity contribution >= 4 is 5.71 Å². The number of hydrogen-bond donors (Lipinski definition) is 1. The second kappa shape index (κ2) is 5.31. The topological polar surface area (TPSA) is 72.5 Å². The fourth-order valence-electron chi connectivity index (χ4n) is 1.49. The Kier molecular flexibility index (Phi) is 3.57. The summed E-state index contributed by atoms with van der Waals surface area (Å²) < 4.78 is 7.21. The summed E-state index contributed by atoms with van der Waals surface area (Å²) >= 11 is 0. The molecule has 0 fully saturated rings. The first-order valence-electron chi connectivity index (χ1n) is 5.46. The van der Waals surface area contributed by atoms with Crippen molar-refractivity contribution in [3.05, 3.63) is 41.7 Å². The van der Waals surface area contributed by atoms with E-state index in [-0.39, 0.29) is 0 Å². The van der Waals surface area contributed by atoms with Gasteiger partial charge in [-0.3, -0.25) is 4.68 Å². The molecule has 6 nitrogen and oxygen atoms in total. The molecule has 0 aliphatic heterocycles. The van der Waals surface area contributed by atoms with Gasteiger partial charge in [-0.25, -0.2) is 0 Å². The monoisotopic (exact) mass is 246 g/mol. The van der Waals surface area contributed by atoms with E-state index in [2.05, 4.69) is 15.5 Å². The first-order chi connectivity index (χ1) is 8.69. The minimum Gasteiger partial charge on any atom is -0.487 e. The largest absolute Gasteiger partial charge is 0.487 e. The number of ether oxygens (including phenoxy) is 1. The number of benzene rings is 1. The SMILES string of the molecule is C/C(=N/O)c1cccc(OCc2cn(C)nn2)c1. The molecule has 94 valence electrons. The highest BCUT2D eigenvalue weighted by atomic mass is 16.5. The number of oxime groups is 1. The summed E-state index contributed by atoms with van der Waals surface area (Å²) in [7, 11) is 1.80. The quantitative estimate of drug-likeness (QED) is 0.505. The van der Waals surface area contributed by atoms with Gasteiger partial charge in [0.2, 0.25) is 0 Å². The Morgan fingerprint density at radius 1 is 1.50 bits per heavy atom. The Balaban J connectivity index is 2.05. The second-order valence-corrected chi connectivity index (χ2v) is 3.89. The van der Waals surface area contributed by atoms with Gasteiger partial charge < -0.3 is 9.94 Å². The summed E-state index contributed by atoms with van der Waals surface area (Å²) in [6, 6.07) is 7.34. The van der Waals surface area contributed by atoms with Crippen LogP contribution in [0.3, 0.4) is 0 Å². The third-order valence-corrected chi connectivity index (χ3v) is 2.44. The highest BCUT2D eigenvalue weighted by molar-refractivity contribution is 5.98. The van der Waals surface area contributed by atoms with E-state index in [4.69, 9.17) is 9.94 Å². The van der Waals surface area contributed by atoms with Crippen LogP contribution in [-0.2, 0) is 13.7 Å². The summed E-state index contributed by atoms with van der Waals surface area (Å²) in [5.41, 5.74) is 2.12. The maximum absolute atomic E-state index is 8.72. The molecule has 1 aromatic heterocycles. The molecule has 1 heterocycles. The average molecular weight is 246 g/mol. The molecule has 0 aliphatic rings. The van der Waals surface area contributed by atoms with E-state index in [0.29, 0.717) is 18.1 Å². The number of aryl methyl sites for hydroxylation is 1. The van der Waals surface area contributed by atoms with Gasteiger partial charge in [-0.15, -0.1) is 5.10 Å². The van der Waals surface area contributed by atoms with Crippen LogP contribution >= 0.6 is 0 Å². The molecule has 18 heavy (non-hydrogen) atoms. The van der Waals surface area contributed by atoms with E-state index in [9.17, 15) is 0 Å². The van der Waals surface area contributed by atoms with E-state index in [1.165, 1.54) is 0 Å². The van der Waals surface area contributed by atoms with Crippen LogP contribution in [-0.4, -0.2) is 25.9 Å². The van der Waals surface area contributed by atoms with Gasteiger partial charge in [0.15, 0.2) is 0 Å². The van der Waals surface area contributed by atoms with E-state index in [0.717, 1.165) is 11.3 Å². The first kappa shape index (κ1) is 12.1. The lowest BCUT2D eigenvalue weighted by molar-refractivity contribution is 0.301. The van der Waals surface area contributed by atoms with Crippen molar-refractivity contribution in [2.45, 2.75) is 13.5 Å². The zero-order valence-electron chi connectivity index (χ0n) is 10.2. The summed E-state index contributed by atoms with van der Waals surface area (Å²) in [6.45, 7) is 2.08. The summed E-state index contributed by atoms with van der Waals surface area (Å²) in [5.74, 6) is 0.696. The molecule has 0 saturated heterocycles. The maximum Gasteiger partial charge on any atom is 0.134 e. The predicted octanol–water partition coefficient (Wildman–Crippen LogP) is 1.59. The molecule has 2 rings (SSSR count). The van der Waals surface area contributed by atoms with Gasteiger partial charge in [0.05, 0.1) is 11.9 Å². The van der Waals surface area contributed by atoms with E-state index < -0.39 is 0 Å². The molecule has 2 aromatic rings. The Hall–Kier alpha value is -2.37. The molecule has 0 spiro atoms. The molecule has 0 radical (unpaired) electrons. The lowest BCUT2D eigenvalue weighted by atomic mass is 10.1. The van der Waals surface area contributed by atoms with Crippen LogP contribution in [0, 0.1) is 0 Å². The normalized spacial score (nSPS) is 11.6. The van der Waals surface area contributed by atoms with E-state index in [1.807, 2.05) is 24.3 Å². The van der Waals surface area contributed by atoms with E-state index in [1.54, 1.807) is 24.9 Å². The van der Waals surface area contributed by atoms with Crippen molar-refractivity contribution in [1.29, 1.82) is 0 Å². The highest BCUT2D eigenvalue weighted by Crippen LogP contribution is 2.15. The number of hydrogen-bond acceptors (Lipinski definition) is 5. The first-order valence-corrected chi connectivity index (χ1v) is 5.46. The molecule has 0 bridgehead atoms. The predicted molar refractivity (Wildman–Crippen MR) is 65.8 cm³/mol. The lowest BCUT2D eigenvalue weighted by Crippen LogP contribution is -1.98. The number of aromatic nitrogens is 3. The van der Waals surface area contributed by atoms with Gasteiger partial charge in [-0.2, -0.15) is 0 Å². The summed E-state index contributed by atoms with van der Waals surface area (Å²) in [4.78, 5) is 0. The third kappa shape index (κ3) is 2.85. The minimum atomic E-state index is 0.354. The Labute approximate surface area is 105 Å². The van der Waals surface area contributed by atoms with Crippen LogP contribution in [0.15, 0.2) is 35.6 Å². The second-order valence-electron chi connectivity index (χ2n) is 3.89. The van der Waals surface area contributed by atoms with Crippen LogP contribution < -0.4 is 4.74 Å². The van der Waals surface area contributed by atoms with Crippen LogP contribution in [0.4, 0.5) is 0 Å². The van der Waals surface area contributed by atoms with Gasteiger partial charge in [0.25, 0.3) is 0 Å². The van der Waals surface area contributed by atoms with Crippen LogP contribution in [0.5, 0.6) is 5.75 Å². The summed E-state index contributed by atoms with van der Waals surface area (Å²) in [6.07, 6.45) is 1.80. The van der Waals surface area contributed by atoms with Crippen LogP contribution in [0.1, 0.15) is 18.2 Å². The van der Waals surface area contributed by atoms with Crippen LogP contribution in [0.25, 0.3) is 0 Å². The fraction of sp³-hybridized carbons (Fsp3) is 0.250. The molecule has 0 unspecified atom stereocenters. The van der Waals surface area contributed by atoms with Crippen molar-refractivity contribution in [3.63, 3.8) is 0 Å². The number of rotatable bonds is 4. The Bertz CT molecular complexity index is 563. The van der Waals surface area contributed by atoms with Crippen LogP contribution in [0.2, 0.25) is 0 Å². The lowest BCUT2D eigenvalue weighted by Gasteiger charge is -2.05. The molecular weight excluding hydrogens is 232 g/mol. The zero-order chi connectivity index (χ0) is 13.0. The molecule has 1 aromatic carbocycles. The molecule has 0 atom stereocenters. The van der Waals surface area contributed by atoms with Gasteiger partial charge in [-0.05, 0) is 19.1 Å². The molecule has 0 amide bonds. The van der Waals surface area contributed by atoms with Gasteiger partial charge in [-0.1, -0.05) is 22.5 Å². The highest BCUT2D eigenvalue weighted by Gasteiger charge is 2.03. The smallest absolute Gasteiger partial charge is 0.134 e. The Morgan fingerprint density at radius 2 is 2.33 bits per heavy atom. The third-order valence-electron chi connectivity index (χ3n) is 2.44. The molecule has 6 heteroatoms. The fourth-order valence-corrected chi connectivity index (χ4v) is 1.49. The Morgan fingerprint density at radius 3 is 3.00 bits per heavy atom. The van der Waals surface area contributed by atoms with Gasteiger partial charge in [0.1, 0.15) is 18.1 Å². The average Bonchev–Trinajstić information content (AvgIpc) is 2.81. The van der Waals surface area contributed by atoms with Crippen molar-refractivity contribution < 1.29 is 9.94 Å². The van der Waals surface area contributed by atoms with Crippen molar-refractivity contribution in [3.8, 4) is 5.75 Å². The van der Waals surface area contributed by atoms with Crippen molar-refractivity contribution in [1.82, 2.24) is 15.0 Å². The van der Waals surface area contributed by atoms with Crippen molar-refractivity contribution in [2.24, 2.45) is 12.2 Å². The summed E-state index contributed by atoms with van der Waals surface area (Å²) in [5, 5.41) is 19.6. The zero-order valence-corrected chi connectivity index (χ0v) is 10.2. The maximum atomic E-state index is 8.72. The van der Waals surface area contributed by atoms with E-state index >= 15 is 0 Å². The molecule has 0 saturated carbocycles. The molecular formula is C12H14N4O2. The number of nitrogens with zero attached hydrogens (tertiary/aromatic N) is 4. The standard InChI is InChI=1S/C12H14N4O2/c1-9(14-17)10-4-3-5-12(6-10)18-8-11-7-16(2)15-13-11/h3-7,17H,8H2,1-2H3/b14-9-. The minimum absolute atomic E-state index is 0.354.